The summed E-state index contributed by atoms with van der Waals surface area (Å²) in [7, 11) is 1.27. The Kier molecular flexibility index (Phi) is 2.30. The van der Waals surface area contributed by atoms with E-state index >= 15 is 0 Å². The molecule has 0 N–H and O–H groups in total. The molecule has 15 heavy (non-hydrogen) atoms. The van der Waals surface area contributed by atoms with Gasteiger partial charge in [-0.3, -0.25) is 4.68 Å². The Morgan fingerprint density at radius 1 is 1.47 bits per heavy atom. The molecule has 0 amide bonds. The quantitative estimate of drug-likeness (QED) is 0.736. The van der Waals surface area contributed by atoms with Gasteiger partial charge in [0.05, 0.1) is 4.88 Å². The van der Waals surface area contributed by atoms with Crippen LogP contribution in [0, 0.1) is 11.4 Å². The van der Waals surface area contributed by atoms with Gasteiger partial charge in [0.15, 0.2) is 0 Å². The van der Waals surface area contributed by atoms with Crippen molar-refractivity contribution in [3.63, 3.8) is 0 Å². The standard InChI is InChI=1S/C9H5F3N2S/c1-14-8(9(10,11)12)5-6(13-14)7-3-2-4-15-7/h2,5H,1H3. The van der Waals surface area contributed by atoms with E-state index in [2.05, 4.69) is 16.5 Å². The summed E-state index contributed by atoms with van der Waals surface area (Å²) in [6.45, 7) is 0. The smallest absolute Gasteiger partial charge is 0.263 e. The van der Waals surface area contributed by atoms with Gasteiger partial charge in [-0.25, -0.2) is 0 Å². The molecule has 2 radical (unpaired) electrons. The third-order valence-electron chi connectivity index (χ3n) is 1.83. The summed E-state index contributed by atoms with van der Waals surface area (Å²) in [5, 5.41) is 6.53. The van der Waals surface area contributed by atoms with Crippen molar-refractivity contribution in [3.8, 4) is 10.6 Å². The van der Waals surface area contributed by atoms with Crippen LogP contribution in [-0.4, -0.2) is 9.78 Å². The van der Waals surface area contributed by atoms with Crippen LogP contribution in [-0.2, 0) is 13.2 Å². The van der Waals surface area contributed by atoms with Crippen LogP contribution in [0.3, 0.4) is 0 Å². The highest BCUT2D eigenvalue weighted by Crippen LogP contribution is 2.32. The average Bonchev–Trinajstić information content (AvgIpc) is 2.68. The first kappa shape index (κ1) is 10.2. The van der Waals surface area contributed by atoms with Crippen molar-refractivity contribution in [1.82, 2.24) is 9.78 Å². The predicted molar refractivity (Wildman–Crippen MR) is 49.2 cm³/mol. The first-order chi connectivity index (χ1) is 6.98. The van der Waals surface area contributed by atoms with Gasteiger partial charge in [0.2, 0.25) is 0 Å². The predicted octanol–water partition coefficient (Wildman–Crippen LogP) is 2.77. The first-order valence-corrected chi connectivity index (χ1v) is 4.79. The Hall–Kier alpha value is -1.30. The number of aryl methyl sites for hydroxylation is 1. The van der Waals surface area contributed by atoms with Crippen LogP contribution in [0.25, 0.3) is 10.6 Å². The van der Waals surface area contributed by atoms with Gasteiger partial charge >= 0.3 is 6.18 Å². The van der Waals surface area contributed by atoms with Crippen molar-refractivity contribution in [2.45, 2.75) is 6.18 Å². The molecule has 0 atom stereocenters. The summed E-state index contributed by atoms with van der Waals surface area (Å²) >= 11 is 1.18. The lowest BCUT2D eigenvalue weighted by atomic mass is 10.3. The summed E-state index contributed by atoms with van der Waals surface area (Å²) in [6.07, 6.45) is -4.37. The molecule has 0 saturated carbocycles. The molecule has 0 aromatic carbocycles. The van der Waals surface area contributed by atoms with Crippen molar-refractivity contribution >= 4 is 11.3 Å². The Labute approximate surface area is 88.0 Å². The highest BCUT2D eigenvalue weighted by molar-refractivity contribution is 7.12. The number of hydrogen-bond donors (Lipinski definition) is 0. The zero-order valence-corrected chi connectivity index (χ0v) is 8.41. The molecule has 0 unspecified atom stereocenters. The van der Waals surface area contributed by atoms with Gasteiger partial charge < -0.3 is 0 Å². The van der Waals surface area contributed by atoms with Crippen molar-refractivity contribution in [1.29, 1.82) is 0 Å². The number of alkyl halides is 3. The molecule has 0 aliphatic rings. The zero-order chi connectivity index (χ0) is 11.1. The second-order valence-electron chi connectivity index (χ2n) is 2.87. The maximum atomic E-state index is 12.4. The lowest BCUT2D eigenvalue weighted by molar-refractivity contribution is -0.143. The molecule has 0 aliphatic heterocycles. The number of thiophene rings is 1. The molecule has 0 saturated heterocycles. The molecule has 2 heterocycles. The Bertz CT molecular complexity index is 456. The van der Waals surface area contributed by atoms with E-state index in [9.17, 15) is 13.2 Å². The van der Waals surface area contributed by atoms with Gasteiger partial charge in [0.1, 0.15) is 11.4 Å². The summed E-state index contributed by atoms with van der Waals surface area (Å²) in [6, 6.07) is 5.31. The monoisotopic (exact) mass is 230 g/mol. The number of aromatic nitrogens is 2. The van der Waals surface area contributed by atoms with Gasteiger partial charge in [0, 0.05) is 18.5 Å². The van der Waals surface area contributed by atoms with Crippen molar-refractivity contribution < 1.29 is 13.2 Å². The van der Waals surface area contributed by atoms with E-state index in [1.807, 2.05) is 0 Å². The molecule has 0 fully saturated rings. The summed E-state index contributed by atoms with van der Waals surface area (Å²) in [5.74, 6) is 0. The van der Waals surface area contributed by atoms with Gasteiger partial charge in [-0.15, -0.1) is 11.3 Å². The van der Waals surface area contributed by atoms with Crippen LogP contribution >= 0.6 is 11.3 Å². The molecule has 6 heteroatoms. The van der Waals surface area contributed by atoms with E-state index in [0.717, 1.165) is 10.7 Å². The summed E-state index contributed by atoms with van der Waals surface area (Å²) in [4.78, 5) is 0.557. The number of rotatable bonds is 1. The van der Waals surface area contributed by atoms with Crippen LogP contribution in [0.15, 0.2) is 12.1 Å². The second-order valence-corrected chi connectivity index (χ2v) is 3.72. The Balaban J connectivity index is 2.47. The van der Waals surface area contributed by atoms with E-state index in [1.165, 1.54) is 24.5 Å². The molecule has 2 aromatic rings. The van der Waals surface area contributed by atoms with Crippen molar-refractivity contribution in [2.24, 2.45) is 7.05 Å². The van der Waals surface area contributed by atoms with Crippen LogP contribution in [0.1, 0.15) is 5.69 Å². The Morgan fingerprint density at radius 2 is 2.20 bits per heavy atom. The topological polar surface area (TPSA) is 17.8 Å². The van der Waals surface area contributed by atoms with Crippen LogP contribution in [0.4, 0.5) is 13.2 Å². The number of halogens is 3. The minimum atomic E-state index is -4.37. The van der Waals surface area contributed by atoms with Crippen LogP contribution in [0.5, 0.6) is 0 Å². The fourth-order valence-corrected chi connectivity index (χ4v) is 1.74. The van der Waals surface area contributed by atoms with Gasteiger partial charge in [-0.1, -0.05) is 0 Å². The minimum Gasteiger partial charge on any atom is -0.263 e. The molecule has 0 spiro atoms. The van der Waals surface area contributed by atoms with E-state index < -0.39 is 11.9 Å². The van der Waals surface area contributed by atoms with Gasteiger partial charge in [-0.05, 0) is 12.1 Å². The summed E-state index contributed by atoms with van der Waals surface area (Å²) < 4.78 is 38.1. The highest BCUT2D eigenvalue weighted by atomic mass is 32.1. The summed E-state index contributed by atoms with van der Waals surface area (Å²) in [5.41, 5.74) is -0.490. The molecule has 0 aliphatic carbocycles. The molecule has 2 aromatic heterocycles. The normalized spacial score (nSPS) is 12.0. The molecule has 2 nitrogen and oxygen atoms in total. The van der Waals surface area contributed by atoms with Gasteiger partial charge in [-0.2, -0.15) is 18.3 Å². The number of hydrogen-bond acceptors (Lipinski definition) is 2. The van der Waals surface area contributed by atoms with Crippen LogP contribution < -0.4 is 0 Å². The molecule has 0 bridgehead atoms. The SMILES string of the molecule is Cn1nc(-c2[c]c[c]s2)cc1C(F)(F)F. The third-order valence-corrected chi connectivity index (χ3v) is 2.59. The lowest BCUT2D eigenvalue weighted by Gasteiger charge is -2.04. The largest absolute Gasteiger partial charge is 0.433 e. The average molecular weight is 230 g/mol. The fraction of sp³-hybridized carbons (Fsp3) is 0.222. The van der Waals surface area contributed by atoms with Crippen LogP contribution in [0.2, 0.25) is 0 Å². The van der Waals surface area contributed by atoms with E-state index in [1.54, 1.807) is 0 Å². The lowest BCUT2D eigenvalue weighted by Crippen LogP contribution is -2.11. The van der Waals surface area contributed by atoms with E-state index in [4.69, 9.17) is 0 Å². The van der Waals surface area contributed by atoms with Crippen molar-refractivity contribution in [2.75, 3.05) is 0 Å². The molecule has 78 valence electrons. The van der Waals surface area contributed by atoms with Crippen molar-refractivity contribution in [3.05, 3.63) is 29.3 Å². The highest BCUT2D eigenvalue weighted by Gasteiger charge is 2.35. The second kappa shape index (κ2) is 3.37. The van der Waals surface area contributed by atoms with Gasteiger partial charge in [0.25, 0.3) is 0 Å². The molecular weight excluding hydrogens is 225 g/mol. The maximum absolute atomic E-state index is 12.4. The third kappa shape index (κ3) is 1.90. The number of nitrogens with zero attached hydrogens (tertiary/aromatic N) is 2. The Morgan fingerprint density at radius 3 is 2.67 bits per heavy atom. The van der Waals surface area contributed by atoms with E-state index in [0.29, 0.717) is 4.88 Å². The van der Waals surface area contributed by atoms with E-state index in [-0.39, 0.29) is 5.69 Å². The maximum Gasteiger partial charge on any atom is 0.433 e. The zero-order valence-electron chi connectivity index (χ0n) is 7.59. The first-order valence-electron chi connectivity index (χ1n) is 3.97. The minimum absolute atomic E-state index is 0.274. The molecule has 2 rings (SSSR count). The fourth-order valence-electron chi connectivity index (χ4n) is 1.18. The molecular formula is C9H5F3N2S.